The molecule has 0 unspecified atom stereocenters. The van der Waals surface area contributed by atoms with E-state index in [4.69, 9.17) is 21.1 Å². The minimum Gasteiger partial charge on any atom is -0.495 e. The summed E-state index contributed by atoms with van der Waals surface area (Å²) in [5, 5.41) is 6.09. The van der Waals surface area contributed by atoms with Gasteiger partial charge in [0.25, 0.3) is 0 Å². The first-order chi connectivity index (χ1) is 11.0. The van der Waals surface area contributed by atoms with Crippen molar-refractivity contribution >= 4 is 29.0 Å². The lowest BCUT2D eigenvalue weighted by molar-refractivity contribution is 0.262. The molecule has 0 saturated heterocycles. The molecule has 2 rings (SSSR count). The summed E-state index contributed by atoms with van der Waals surface area (Å²) in [6, 6.07) is 10.2. The van der Waals surface area contributed by atoms with E-state index in [-0.39, 0.29) is 6.03 Å². The Balaban J connectivity index is 2.06. The number of ether oxygens (including phenoxy) is 2. The van der Waals surface area contributed by atoms with Crippen molar-refractivity contribution < 1.29 is 14.3 Å². The molecule has 0 radical (unpaired) electrons. The number of urea groups is 1. The summed E-state index contributed by atoms with van der Waals surface area (Å²) in [5.74, 6) is 1.26. The van der Waals surface area contributed by atoms with Gasteiger partial charge in [0, 0.05) is 16.8 Å². The van der Waals surface area contributed by atoms with Crippen molar-refractivity contribution in [1.82, 2.24) is 0 Å². The van der Waals surface area contributed by atoms with Gasteiger partial charge in [-0.2, -0.15) is 0 Å². The first-order valence-corrected chi connectivity index (χ1v) is 7.56. The highest BCUT2D eigenvalue weighted by atomic mass is 35.5. The molecule has 0 aliphatic heterocycles. The quantitative estimate of drug-likeness (QED) is 0.833. The smallest absolute Gasteiger partial charge is 0.323 e. The molecule has 0 aliphatic carbocycles. The van der Waals surface area contributed by atoms with Crippen LogP contribution in [0.25, 0.3) is 0 Å². The van der Waals surface area contributed by atoms with E-state index in [2.05, 4.69) is 10.6 Å². The fourth-order valence-electron chi connectivity index (χ4n) is 2.02. The minimum absolute atomic E-state index is 0.366. The van der Waals surface area contributed by atoms with Gasteiger partial charge in [0.05, 0.1) is 19.4 Å². The molecule has 2 aromatic carbocycles. The Morgan fingerprint density at radius 3 is 2.48 bits per heavy atom. The number of halogens is 1. The largest absolute Gasteiger partial charge is 0.495 e. The van der Waals surface area contributed by atoms with Crippen LogP contribution in [0.4, 0.5) is 16.2 Å². The second-order valence-corrected chi connectivity index (χ2v) is 5.25. The number of nitrogens with one attached hydrogen (secondary N) is 2. The Kier molecular flexibility index (Phi) is 5.71. The van der Waals surface area contributed by atoms with Crippen LogP contribution < -0.4 is 20.1 Å². The molecule has 6 heteroatoms. The van der Waals surface area contributed by atoms with Gasteiger partial charge >= 0.3 is 6.03 Å². The van der Waals surface area contributed by atoms with Crippen molar-refractivity contribution in [3.05, 3.63) is 47.0 Å². The second kappa shape index (κ2) is 7.74. The Labute approximate surface area is 140 Å². The summed E-state index contributed by atoms with van der Waals surface area (Å²) < 4.78 is 10.6. The minimum atomic E-state index is -0.366. The molecule has 0 atom stereocenters. The zero-order valence-corrected chi connectivity index (χ0v) is 14.0. The van der Waals surface area contributed by atoms with Gasteiger partial charge in [-0.15, -0.1) is 0 Å². The third kappa shape index (κ3) is 4.53. The summed E-state index contributed by atoms with van der Waals surface area (Å²) in [4.78, 5) is 12.1. The van der Waals surface area contributed by atoms with Crippen molar-refractivity contribution in [2.24, 2.45) is 0 Å². The van der Waals surface area contributed by atoms with Gasteiger partial charge in [-0.25, -0.2) is 4.79 Å². The lowest BCUT2D eigenvalue weighted by atomic mass is 10.2. The molecule has 0 heterocycles. The number of methoxy groups -OCH3 is 1. The SMILES string of the molecule is CCOc1ccc(NC(=O)Nc2cc(C)c(Cl)cc2OC)cc1. The van der Waals surface area contributed by atoms with Crippen molar-refractivity contribution in [2.45, 2.75) is 13.8 Å². The van der Waals surface area contributed by atoms with Crippen LogP contribution in [-0.2, 0) is 0 Å². The summed E-state index contributed by atoms with van der Waals surface area (Å²) >= 11 is 6.05. The molecule has 122 valence electrons. The Hall–Kier alpha value is -2.40. The van der Waals surface area contributed by atoms with Gasteiger partial charge in [-0.3, -0.25) is 0 Å². The molecule has 0 aromatic heterocycles. The average molecular weight is 335 g/mol. The highest BCUT2D eigenvalue weighted by Gasteiger charge is 2.10. The van der Waals surface area contributed by atoms with E-state index in [0.717, 1.165) is 11.3 Å². The molecule has 0 spiro atoms. The predicted molar refractivity (Wildman–Crippen MR) is 93.0 cm³/mol. The van der Waals surface area contributed by atoms with Crippen LogP contribution in [0.15, 0.2) is 36.4 Å². The molecule has 2 aromatic rings. The number of aryl methyl sites for hydroxylation is 1. The van der Waals surface area contributed by atoms with Gasteiger partial charge < -0.3 is 20.1 Å². The number of amides is 2. The highest BCUT2D eigenvalue weighted by molar-refractivity contribution is 6.31. The van der Waals surface area contributed by atoms with Gasteiger partial charge in [-0.1, -0.05) is 11.6 Å². The topological polar surface area (TPSA) is 59.6 Å². The summed E-state index contributed by atoms with van der Waals surface area (Å²) in [5.41, 5.74) is 2.07. The maximum absolute atomic E-state index is 12.1. The van der Waals surface area contributed by atoms with E-state index in [0.29, 0.717) is 28.8 Å². The lowest BCUT2D eigenvalue weighted by Crippen LogP contribution is -2.19. The van der Waals surface area contributed by atoms with Crippen molar-refractivity contribution in [2.75, 3.05) is 24.4 Å². The number of benzene rings is 2. The van der Waals surface area contributed by atoms with E-state index in [1.807, 2.05) is 13.8 Å². The van der Waals surface area contributed by atoms with Crippen molar-refractivity contribution in [1.29, 1.82) is 0 Å². The third-order valence-corrected chi connectivity index (χ3v) is 3.56. The molecule has 0 aliphatic rings. The fourth-order valence-corrected chi connectivity index (χ4v) is 2.17. The molecular formula is C17H19ClN2O3. The van der Waals surface area contributed by atoms with E-state index < -0.39 is 0 Å². The Bertz CT molecular complexity index is 687. The number of hydrogen-bond acceptors (Lipinski definition) is 3. The van der Waals surface area contributed by atoms with Gasteiger partial charge in [0.1, 0.15) is 11.5 Å². The van der Waals surface area contributed by atoms with Gasteiger partial charge in [-0.05, 0) is 49.7 Å². The van der Waals surface area contributed by atoms with Gasteiger partial charge in [0.2, 0.25) is 0 Å². The van der Waals surface area contributed by atoms with E-state index in [1.165, 1.54) is 7.11 Å². The Morgan fingerprint density at radius 2 is 1.87 bits per heavy atom. The number of carbonyl (C=O) groups is 1. The van der Waals surface area contributed by atoms with E-state index >= 15 is 0 Å². The summed E-state index contributed by atoms with van der Waals surface area (Å²) in [7, 11) is 1.52. The number of carbonyl (C=O) groups excluding carboxylic acids is 1. The third-order valence-electron chi connectivity index (χ3n) is 3.15. The average Bonchev–Trinajstić information content (AvgIpc) is 2.53. The van der Waals surface area contributed by atoms with Crippen molar-refractivity contribution in [3.63, 3.8) is 0 Å². The molecule has 2 N–H and O–H groups in total. The molecule has 5 nitrogen and oxygen atoms in total. The summed E-state index contributed by atoms with van der Waals surface area (Å²) in [6.45, 7) is 4.38. The van der Waals surface area contributed by atoms with Crippen LogP contribution in [0.5, 0.6) is 11.5 Å². The normalized spacial score (nSPS) is 10.1. The summed E-state index contributed by atoms with van der Waals surface area (Å²) in [6.07, 6.45) is 0. The molecule has 0 saturated carbocycles. The van der Waals surface area contributed by atoms with Crippen LogP contribution in [0.1, 0.15) is 12.5 Å². The number of rotatable bonds is 5. The highest BCUT2D eigenvalue weighted by Crippen LogP contribution is 2.31. The molecule has 2 amide bonds. The number of anilines is 2. The zero-order chi connectivity index (χ0) is 16.8. The molecule has 0 bridgehead atoms. The van der Waals surface area contributed by atoms with Gasteiger partial charge in [0.15, 0.2) is 0 Å². The van der Waals surface area contributed by atoms with E-state index in [9.17, 15) is 4.79 Å². The first-order valence-electron chi connectivity index (χ1n) is 7.18. The number of hydrogen-bond donors (Lipinski definition) is 2. The maximum Gasteiger partial charge on any atom is 0.323 e. The van der Waals surface area contributed by atoms with Crippen LogP contribution in [-0.4, -0.2) is 19.7 Å². The maximum atomic E-state index is 12.1. The molecule has 23 heavy (non-hydrogen) atoms. The van der Waals surface area contributed by atoms with Crippen LogP contribution >= 0.6 is 11.6 Å². The standard InChI is InChI=1S/C17H19ClN2O3/c1-4-23-13-7-5-12(6-8-13)19-17(21)20-15-9-11(2)14(18)10-16(15)22-3/h5-10H,4H2,1-3H3,(H2,19,20,21). The lowest BCUT2D eigenvalue weighted by Gasteiger charge is -2.13. The van der Waals surface area contributed by atoms with Crippen LogP contribution in [0.2, 0.25) is 5.02 Å². The first kappa shape index (κ1) is 17.0. The Morgan fingerprint density at radius 1 is 1.17 bits per heavy atom. The molecule has 0 fully saturated rings. The second-order valence-electron chi connectivity index (χ2n) is 4.84. The van der Waals surface area contributed by atoms with Crippen LogP contribution in [0, 0.1) is 6.92 Å². The fraction of sp³-hybridized carbons (Fsp3) is 0.235. The zero-order valence-electron chi connectivity index (χ0n) is 13.3. The monoisotopic (exact) mass is 334 g/mol. The van der Waals surface area contributed by atoms with Crippen molar-refractivity contribution in [3.8, 4) is 11.5 Å². The predicted octanol–water partition coefficient (Wildman–Crippen LogP) is 4.70. The van der Waals surface area contributed by atoms with E-state index in [1.54, 1.807) is 36.4 Å². The van der Waals surface area contributed by atoms with Crippen LogP contribution in [0.3, 0.4) is 0 Å². The molecular weight excluding hydrogens is 316 g/mol.